The van der Waals surface area contributed by atoms with Crippen molar-refractivity contribution in [2.75, 3.05) is 30.3 Å². The number of rotatable bonds is 6. The lowest BCUT2D eigenvalue weighted by atomic mass is 10.1. The lowest BCUT2D eigenvalue weighted by Gasteiger charge is -2.36. The van der Waals surface area contributed by atoms with Gasteiger partial charge in [-0.25, -0.2) is 19.7 Å². The highest BCUT2D eigenvalue weighted by Crippen LogP contribution is 2.38. The number of thioether (sulfide) groups is 1. The van der Waals surface area contributed by atoms with Gasteiger partial charge >= 0.3 is 6.03 Å². The van der Waals surface area contributed by atoms with E-state index in [2.05, 4.69) is 9.97 Å². The molecule has 2 heterocycles. The van der Waals surface area contributed by atoms with E-state index in [-0.39, 0.29) is 18.3 Å². The summed E-state index contributed by atoms with van der Waals surface area (Å²) >= 11 is 1.36. The van der Waals surface area contributed by atoms with Gasteiger partial charge in [0.05, 0.1) is 37.1 Å². The SMILES string of the molecule is COc1cc(OC)cc(N2Cc3cnc(SC)nc3N(c3ccc([N+](=O)[O-])cc3)C2=O)c1. The second-order valence-electron chi connectivity index (χ2n) is 6.75. The molecule has 0 bridgehead atoms. The number of ether oxygens (including phenoxy) is 2. The van der Waals surface area contributed by atoms with E-state index in [1.807, 2.05) is 6.26 Å². The third-order valence-electron chi connectivity index (χ3n) is 4.93. The smallest absolute Gasteiger partial charge is 0.335 e. The molecule has 0 saturated carbocycles. The Kier molecular flexibility index (Phi) is 5.82. The molecule has 0 atom stereocenters. The predicted molar refractivity (Wildman–Crippen MR) is 120 cm³/mol. The molecule has 0 aliphatic carbocycles. The summed E-state index contributed by atoms with van der Waals surface area (Å²) in [5.74, 6) is 1.51. The first-order valence-corrected chi connectivity index (χ1v) is 10.7. The molecule has 0 N–H and O–H groups in total. The second-order valence-corrected chi connectivity index (χ2v) is 7.53. The van der Waals surface area contributed by atoms with Crippen molar-refractivity contribution in [3.8, 4) is 11.5 Å². The molecule has 4 rings (SSSR count). The van der Waals surface area contributed by atoms with E-state index >= 15 is 0 Å². The van der Waals surface area contributed by atoms with E-state index < -0.39 is 4.92 Å². The highest BCUT2D eigenvalue weighted by molar-refractivity contribution is 7.98. The maximum absolute atomic E-state index is 13.7. The van der Waals surface area contributed by atoms with Crippen molar-refractivity contribution in [1.29, 1.82) is 0 Å². The summed E-state index contributed by atoms with van der Waals surface area (Å²) in [6, 6.07) is 10.6. The first kappa shape index (κ1) is 21.4. The molecule has 1 aliphatic rings. The van der Waals surface area contributed by atoms with Gasteiger partial charge in [0.2, 0.25) is 0 Å². The summed E-state index contributed by atoms with van der Waals surface area (Å²) in [4.78, 5) is 36.1. The number of carbonyl (C=O) groups excluding carboxylic acids is 1. The molecule has 0 fully saturated rings. The Morgan fingerprint density at radius 2 is 1.72 bits per heavy atom. The van der Waals surface area contributed by atoms with Gasteiger partial charge in [0.15, 0.2) is 11.0 Å². The fraction of sp³-hybridized carbons (Fsp3) is 0.190. The molecule has 2 amide bonds. The third-order valence-corrected chi connectivity index (χ3v) is 5.49. The molecule has 10 nitrogen and oxygen atoms in total. The number of nitro groups is 1. The topological polar surface area (TPSA) is 111 Å². The zero-order valence-electron chi connectivity index (χ0n) is 17.5. The highest BCUT2D eigenvalue weighted by atomic mass is 32.2. The summed E-state index contributed by atoms with van der Waals surface area (Å²) in [5, 5.41) is 11.6. The first-order chi connectivity index (χ1) is 15.4. The zero-order chi connectivity index (χ0) is 22.8. The fourth-order valence-electron chi connectivity index (χ4n) is 3.34. The first-order valence-electron chi connectivity index (χ1n) is 9.44. The van der Waals surface area contributed by atoms with Crippen molar-refractivity contribution >= 4 is 40.7 Å². The molecule has 3 aromatic rings. The normalized spacial score (nSPS) is 13.0. The summed E-state index contributed by atoms with van der Waals surface area (Å²) in [7, 11) is 3.07. The van der Waals surface area contributed by atoms with Gasteiger partial charge in [-0.3, -0.25) is 15.0 Å². The Hall–Kier alpha value is -3.86. The molecule has 1 aliphatic heterocycles. The molecule has 2 aromatic carbocycles. The number of nitrogens with zero attached hydrogens (tertiary/aromatic N) is 5. The zero-order valence-corrected chi connectivity index (χ0v) is 18.3. The Morgan fingerprint density at radius 1 is 1.06 bits per heavy atom. The molecule has 11 heteroatoms. The summed E-state index contributed by atoms with van der Waals surface area (Å²) in [6.07, 6.45) is 3.53. The minimum Gasteiger partial charge on any atom is -0.497 e. The largest absolute Gasteiger partial charge is 0.497 e. The Balaban J connectivity index is 1.84. The summed E-state index contributed by atoms with van der Waals surface area (Å²) in [5.41, 5.74) is 1.67. The van der Waals surface area contributed by atoms with Gasteiger partial charge in [-0.2, -0.15) is 0 Å². The number of fused-ring (bicyclic) bond motifs is 1. The monoisotopic (exact) mass is 453 g/mol. The van der Waals surface area contributed by atoms with E-state index in [4.69, 9.17) is 9.47 Å². The van der Waals surface area contributed by atoms with Gasteiger partial charge in [0, 0.05) is 42.1 Å². The van der Waals surface area contributed by atoms with Gasteiger partial charge in [-0.05, 0) is 18.4 Å². The number of non-ortho nitro benzene ring substituents is 1. The number of carbonyl (C=O) groups is 1. The van der Waals surface area contributed by atoms with Gasteiger partial charge in [-0.15, -0.1) is 0 Å². The number of anilines is 3. The van der Waals surface area contributed by atoms with Crippen LogP contribution in [0.3, 0.4) is 0 Å². The second kappa shape index (κ2) is 8.71. The van der Waals surface area contributed by atoms with Crippen LogP contribution in [0.4, 0.5) is 27.7 Å². The van der Waals surface area contributed by atoms with E-state index in [9.17, 15) is 14.9 Å². The van der Waals surface area contributed by atoms with Crippen molar-refractivity contribution in [3.63, 3.8) is 0 Å². The molecule has 0 unspecified atom stereocenters. The van der Waals surface area contributed by atoms with E-state index in [0.717, 1.165) is 5.56 Å². The number of hydrogen-bond donors (Lipinski definition) is 0. The van der Waals surface area contributed by atoms with E-state index in [1.165, 1.54) is 55.1 Å². The number of nitro benzene ring substituents is 1. The Bertz CT molecular complexity index is 1170. The Labute approximate surface area is 187 Å². The molecule has 1 aromatic heterocycles. The van der Waals surface area contributed by atoms with E-state index in [0.29, 0.717) is 33.8 Å². The average Bonchev–Trinajstić information content (AvgIpc) is 2.83. The van der Waals surface area contributed by atoms with Crippen LogP contribution < -0.4 is 19.3 Å². The molecule has 0 radical (unpaired) electrons. The van der Waals surface area contributed by atoms with Crippen molar-refractivity contribution in [3.05, 3.63) is 64.3 Å². The van der Waals surface area contributed by atoms with Crippen LogP contribution in [0.2, 0.25) is 0 Å². The molecule has 32 heavy (non-hydrogen) atoms. The van der Waals surface area contributed by atoms with Gasteiger partial charge < -0.3 is 9.47 Å². The van der Waals surface area contributed by atoms with Crippen LogP contribution in [0.15, 0.2) is 53.8 Å². The number of benzene rings is 2. The van der Waals surface area contributed by atoms with Crippen LogP contribution in [-0.4, -0.2) is 41.4 Å². The molecular formula is C21H19N5O5S. The van der Waals surface area contributed by atoms with Crippen molar-refractivity contribution in [2.45, 2.75) is 11.7 Å². The minimum atomic E-state index is -0.488. The van der Waals surface area contributed by atoms with Crippen LogP contribution in [0.5, 0.6) is 11.5 Å². The van der Waals surface area contributed by atoms with Crippen LogP contribution in [0, 0.1) is 10.1 Å². The molecule has 164 valence electrons. The quantitative estimate of drug-likeness (QED) is 0.234. The summed E-state index contributed by atoms with van der Waals surface area (Å²) in [6.45, 7) is 0.239. The maximum Gasteiger partial charge on any atom is 0.335 e. The van der Waals surface area contributed by atoms with Gasteiger partial charge in [0.1, 0.15) is 11.5 Å². The Morgan fingerprint density at radius 3 is 2.28 bits per heavy atom. The van der Waals surface area contributed by atoms with Crippen LogP contribution >= 0.6 is 11.8 Å². The van der Waals surface area contributed by atoms with Crippen molar-refractivity contribution in [1.82, 2.24) is 9.97 Å². The van der Waals surface area contributed by atoms with Crippen LogP contribution in [0.25, 0.3) is 0 Å². The van der Waals surface area contributed by atoms with Gasteiger partial charge in [-0.1, -0.05) is 11.8 Å². The van der Waals surface area contributed by atoms with Crippen LogP contribution in [-0.2, 0) is 6.54 Å². The van der Waals surface area contributed by atoms with E-state index in [1.54, 1.807) is 29.3 Å². The minimum absolute atomic E-state index is 0.0692. The maximum atomic E-state index is 13.7. The number of hydrogen-bond acceptors (Lipinski definition) is 8. The molecular weight excluding hydrogens is 434 g/mol. The number of amides is 2. The highest BCUT2D eigenvalue weighted by Gasteiger charge is 2.35. The summed E-state index contributed by atoms with van der Waals surface area (Å²) < 4.78 is 10.7. The fourth-order valence-corrected chi connectivity index (χ4v) is 3.68. The predicted octanol–water partition coefficient (Wildman–Crippen LogP) is 4.40. The van der Waals surface area contributed by atoms with Gasteiger partial charge in [0.25, 0.3) is 5.69 Å². The lowest BCUT2D eigenvalue weighted by Crippen LogP contribution is -2.45. The molecule has 0 saturated heterocycles. The van der Waals surface area contributed by atoms with Crippen LogP contribution in [0.1, 0.15) is 5.56 Å². The van der Waals surface area contributed by atoms with Crippen molar-refractivity contribution < 1.29 is 19.2 Å². The number of aromatic nitrogens is 2. The lowest BCUT2D eigenvalue weighted by molar-refractivity contribution is -0.384. The third kappa shape index (κ3) is 3.89. The average molecular weight is 453 g/mol. The number of methoxy groups -OCH3 is 2. The van der Waals surface area contributed by atoms with Crippen molar-refractivity contribution in [2.24, 2.45) is 0 Å². The standard InChI is InChI=1S/C21H19N5O5S/c1-30-17-8-16(9-18(10-17)31-2)24-12-13-11-22-20(32-3)23-19(13)25(21(24)27)14-4-6-15(7-5-14)26(28)29/h4-11H,12H2,1-3H3. The number of urea groups is 1. The molecule has 0 spiro atoms.